The normalized spacial score (nSPS) is 12.8. The summed E-state index contributed by atoms with van der Waals surface area (Å²) in [7, 11) is -6.43. The molecule has 0 bridgehead atoms. The van der Waals surface area contributed by atoms with Crippen molar-refractivity contribution in [2.45, 2.75) is 24.0 Å². The molecule has 0 heterocycles. The second-order valence-corrected chi connectivity index (χ2v) is 3.75. The molecule has 0 aliphatic heterocycles. The van der Waals surface area contributed by atoms with Crippen molar-refractivity contribution in [3.63, 3.8) is 0 Å². The maximum absolute atomic E-state index is 12.4. The van der Waals surface area contributed by atoms with Gasteiger partial charge >= 0.3 is 40.7 Å². The second kappa shape index (κ2) is 5.45. The van der Waals surface area contributed by atoms with Gasteiger partial charge in [0.05, 0.1) is 6.07 Å². The van der Waals surface area contributed by atoms with Crippen molar-refractivity contribution in [2.75, 3.05) is 0 Å². The Kier molecular flexibility index (Phi) is 6.36. The van der Waals surface area contributed by atoms with Crippen LogP contribution in [0.25, 0.3) is 0 Å². The topological polar surface area (TPSA) is 81.0 Å². The van der Waals surface area contributed by atoms with E-state index < -0.39 is 34.1 Å². The van der Waals surface area contributed by atoms with Gasteiger partial charge in [0.15, 0.2) is 10.1 Å². The molecule has 0 aromatic carbocycles. The first-order valence-electron chi connectivity index (χ1n) is 3.14. The van der Waals surface area contributed by atoms with Crippen LogP contribution < -0.4 is 29.6 Å². The Morgan fingerprint density at radius 1 is 1.27 bits per heavy atom. The largest absolute Gasteiger partial charge is 1.00 e. The van der Waals surface area contributed by atoms with Crippen LogP contribution in [0, 0.1) is 11.3 Å². The van der Waals surface area contributed by atoms with Crippen LogP contribution in [0.2, 0.25) is 0 Å². The van der Waals surface area contributed by atoms with Crippen LogP contribution in [0.3, 0.4) is 0 Å². The van der Waals surface area contributed by atoms with Gasteiger partial charge in [-0.1, -0.05) is 0 Å². The molecule has 0 rings (SSSR count). The molecule has 0 aromatic heterocycles. The van der Waals surface area contributed by atoms with Gasteiger partial charge in [-0.2, -0.15) is 22.8 Å². The van der Waals surface area contributed by atoms with Crippen LogP contribution >= 0.6 is 0 Å². The van der Waals surface area contributed by atoms with Gasteiger partial charge in [0.2, 0.25) is 0 Å². The zero-order valence-electron chi connectivity index (χ0n) is 7.51. The number of nitrogens with zero attached hydrogens (tertiary/aromatic N) is 1. The van der Waals surface area contributed by atoms with Gasteiger partial charge in [-0.3, -0.25) is 0 Å². The molecule has 0 aliphatic rings. The van der Waals surface area contributed by atoms with Gasteiger partial charge in [0.25, 0.3) is 0 Å². The van der Waals surface area contributed by atoms with Crippen LogP contribution in [0.1, 0.15) is 12.8 Å². The Morgan fingerprint density at radius 2 is 1.67 bits per heavy atom. The van der Waals surface area contributed by atoms with Crippen molar-refractivity contribution in [1.82, 2.24) is 0 Å². The van der Waals surface area contributed by atoms with E-state index >= 15 is 0 Å². The van der Waals surface area contributed by atoms with Gasteiger partial charge in [0.1, 0.15) is 0 Å². The summed E-state index contributed by atoms with van der Waals surface area (Å²) in [6.45, 7) is 0. The van der Waals surface area contributed by atoms with E-state index in [1.54, 1.807) is 0 Å². The number of hydrogen-bond acceptors (Lipinski definition) is 4. The summed E-state index contributed by atoms with van der Waals surface area (Å²) in [5.74, 6) is -5.02. The van der Waals surface area contributed by atoms with Crippen LogP contribution in [0.15, 0.2) is 0 Å². The maximum atomic E-state index is 12.4. The van der Waals surface area contributed by atoms with Gasteiger partial charge in [-0.05, 0) is 0 Å². The minimum atomic E-state index is -6.43. The number of hydrogen-bond donors (Lipinski definition) is 0. The third kappa shape index (κ3) is 3.88. The van der Waals surface area contributed by atoms with Crippen molar-refractivity contribution in [2.24, 2.45) is 0 Å². The summed E-state index contributed by atoms with van der Waals surface area (Å²) < 4.78 is 78.7. The summed E-state index contributed by atoms with van der Waals surface area (Å²) >= 11 is 0. The molecule has 0 unspecified atom stereocenters. The molecule has 0 spiro atoms. The van der Waals surface area contributed by atoms with E-state index in [2.05, 4.69) is 0 Å². The standard InChI is InChI=1S/C5H5F4NO3S.Na/c6-4(7,2-1-3-10)5(8,9)14(11,12)13;/h1-2H2,(H,11,12,13);/q;+1/p-1. The number of halogens is 4. The predicted molar refractivity (Wildman–Crippen MR) is 34.4 cm³/mol. The van der Waals surface area contributed by atoms with Gasteiger partial charge in [0, 0.05) is 12.8 Å². The van der Waals surface area contributed by atoms with Crippen LogP contribution in [-0.4, -0.2) is 24.1 Å². The molecule has 0 aliphatic carbocycles. The molecule has 0 amide bonds. The molecule has 15 heavy (non-hydrogen) atoms. The van der Waals surface area contributed by atoms with Crippen LogP contribution in [0.4, 0.5) is 17.6 Å². The molecule has 0 atom stereocenters. The van der Waals surface area contributed by atoms with E-state index in [0.29, 0.717) is 0 Å². The van der Waals surface area contributed by atoms with Crippen LogP contribution in [-0.2, 0) is 10.1 Å². The molecule has 82 valence electrons. The number of alkyl halides is 4. The second-order valence-electron chi connectivity index (χ2n) is 2.33. The van der Waals surface area contributed by atoms with Crippen molar-refractivity contribution < 1.29 is 60.1 Å². The van der Waals surface area contributed by atoms with E-state index in [0.717, 1.165) is 6.07 Å². The zero-order chi connectivity index (χ0) is 11.6. The summed E-state index contributed by atoms with van der Waals surface area (Å²) in [4.78, 5) is 0. The Morgan fingerprint density at radius 3 is 1.93 bits per heavy atom. The predicted octanol–water partition coefficient (Wildman–Crippen LogP) is -1.93. The Balaban J connectivity index is 0. The summed E-state index contributed by atoms with van der Waals surface area (Å²) in [6.07, 6.45) is -2.66. The van der Waals surface area contributed by atoms with Gasteiger partial charge < -0.3 is 4.55 Å². The quantitative estimate of drug-likeness (QED) is 0.333. The van der Waals surface area contributed by atoms with Crippen molar-refractivity contribution in [3.05, 3.63) is 0 Å². The fraction of sp³-hybridized carbons (Fsp3) is 0.800. The van der Waals surface area contributed by atoms with E-state index in [4.69, 9.17) is 5.26 Å². The van der Waals surface area contributed by atoms with Crippen molar-refractivity contribution in [3.8, 4) is 6.07 Å². The molecule has 0 saturated carbocycles. The first-order valence-corrected chi connectivity index (χ1v) is 4.55. The summed E-state index contributed by atoms with van der Waals surface area (Å²) in [5.41, 5.74) is 0. The molecule has 0 radical (unpaired) electrons. The number of nitriles is 1. The van der Waals surface area contributed by atoms with Crippen molar-refractivity contribution >= 4 is 10.1 Å². The minimum Gasteiger partial charge on any atom is -0.743 e. The average molecular weight is 257 g/mol. The van der Waals surface area contributed by atoms with Crippen LogP contribution in [0.5, 0.6) is 0 Å². The van der Waals surface area contributed by atoms with Gasteiger partial charge in [-0.25, -0.2) is 8.42 Å². The van der Waals surface area contributed by atoms with E-state index in [9.17, 15) is 30.5 Å². The Labute approximate surface area is 105 Å². The fourth-order valence-electron chi connectivity index (χ4n) is 0.541. The molecule has 10 heteroatoms. The smallest absolute Gasteiger partial charge is 0.743 e. The monoisotopic (exact) mass is 257 g/mol. The molecule has 0 aromatic rings. The molecule has 0 fully saturated rings. The average Bonchev–Trinajstić information content (AvgIpc) is 1.98. The molecular weight excluding hydrogens is 253 g/mol. The summed E-state index contributed by atoms with van der Waals surface area (Å²) in [5, 5.41) is 2.16. The SMILES string of the molecule is N#CCCC(F)(F)C(F)(F)S(=O)(=O)[O-].[Na+]. The van der Waals surface area contributed by atoms with Crippen molar-refractivity contribution in [1.29, 1.82) is 5.26 Å². The minimum absolute atomic E-state index is 0. The van der Waals surface area contributed by atoms with E-state index in [-0.39, 0.29) is 29.6 Å². The maximum Gasteiger partial charge on any atom is 1.00 e. The molecule has 4 nitrogen and oxygen atoms in total. The zero-order valence-corrected chi connectivity index (χ0v) is 10.3. The molecule has 0 saturated heterocycles. The number of rotatable bonds is 4. The fourth-order valence-corrected chi connectivity index (χ4v) is 1.01. The third-order valence-electron chi connectivity index (χ3n) is 1.29. The van der Waals surface area contributed by atoms with E-state index in [1.807, 2.05) is 0 Å². The molecule has 0 N–H and O–H groups in total. The first-order chi connectivity index (χ1) is 6.06. The van der Waals surface area contributed by atoms with Gasteiger partial charge in [-0.15, -0.1) is 0 Å². The Bertz CT molecular complexity index is 350. The summed E-state index contributed by atoms with van der Waals surface area (Å²) in [6, 6.07) is 1.14. The van der Waals surface area contributed by atoms with E-state index in [1.165, 1.54) is 0 Å². The Hall–Kier alpha value is 0.120. The third-order valence-corrected chi connectivity index (χ3v) is 2.22. The first kappa shape index (κ1) is 17.5. The molecular formula is C5H4F4NNaO3S.